The van der Waals surface area contributed by atoms with Crippen LogP contribution in [0.3, 0.4) is 0 Å². The molecule has 1 N–H and O–H groups in total. The highest BCUT2D eigenvalue weighted by molar-refractivity contribution is 5.27. The lowest BCUT2D eigenvalue weighted by molar-refractivity contribution is -0.126. The van der Waals surface area contributed by atoms with Gasteiger partial charge in [-0.05, 0) is 37.3 Å². The van der Waals surface area contributed by atoms with Crippen LogP contribution in [-0.2, 0) is 17.7 Å². The van der Waals surface area contributed by atoms with Gasteiger partial charge in [0.05, 0.1) is 6.10 Å². The Hall–Kier alpha value is -0.860. The maximum Gasteiger partial charge on any atom is 0.0658 e. The molecule has 20 heavy (non-hydrogen) atoms. The van der Waals surface area contributed by atoms with Gasteiger partial charge >= 0.3 is 0 Å². The second kappa shape index (κ2) is 6.73. The van der Waals surface area contributed by atoms with Gasteiger partial charge in [0.15, 0.2) is 0 Å². The summed E-state index contributed by atoms with van der Waals surface area (Å²) in [5.74, 6) is 0. The van der Waals surface area contributed by atoms with Crippen LogP contribution >= 0.6 is 0 Å². The Morgan fingerprint density at radius 1 is 1.20 bits per heavy atom. The van der Waals surface area contributed by atoms with E-state index in [9.17, 15) is 0 Å². The van der Waals surface area contributed by atoms with Crippen molar-refractivity contribution in [3.8, 4) is 0 Å². The summed E-state index contributed by atoms with van der Waals surface area (Å²) in [7, 11) is 0. The third kappa shape index (κ3) is 2.91. The van der Waals surface area contributed by atoms with Crippen molar-refractivity contribution in [1.82, 2.24) is 5.32 Å². The van der Waals surface area contributed by atoms with Crippen LogP contribution in [0.4, 0.5) is 0 Å². The summed E-state index contributed by atoms with van der Waals surface area (Å²) in [4.78, 5) is 0. The van der Waals surface area contributed by atoms with E-state index in [0.29, 0.717) is 12.1 Å². The van der Waals surface area contributed by atoms with Crippen molar-refractivity contribution in [1.29, 1.82) is 0 Å². The molecule has 112 valence electrons. The van der Waals surface area contributed by atoms with E-state index in [1.165, 1.54) is 17.5 Å². The van der Waals surface area contributed by atoms with E-state index in [0.717, 1.165) is 26.0 Å². The number of ether oxygens (including phenoxy) is 1. The summed E-state index contributed by atoms with van der Waals surface area (Å²) in [6.45, 7) is 10.8. The SMILES string of the molecule is CCOC1CC(NCc2ccccc2CC)C1(C)CC. The standard InChI is InChI=1S/C18H29NO/c1-5-14-10-8-9-11-15(14)13-19-16-12-17(20-7-3)18(16,4)6-2/h8-11,16-17,19H,5-7,12-13H2,1-4H3. The van der Waals surface area contributed by atoms with Crippen molar-refractivity contribution < 1.29 is 4.74 Å². The van der Waals surface area contributed by atoms with Gasteiger partial charge in [0.1, 0.15) is 0 Å². The number of nitrogens with one attached hydrogen (secondary N) is 1. The van der Waals surface area contributed by atoms with Crippen LogP contribution in [0.1, 0.15) is 51.7 Å². The largest absolute Gasteiger partial charge is 0.378 e. The zero-order chi connectivity index (χ0) is 14.6. The van der Waals surface area contributed by atoms with Crippen LogP contribution in [0.5, 0.6) is 0 Å². The molecule has 0 amide bonds. The topological polar surface area (TPSA) is 21.3 Å². The van der Waals surface area contributed by atoms with Gasteiger partial charge in [-0.25, -0.2) is 0 Å². The Morgan fingerprint density at radius 3 is 2.50 bits per heavy atom. The van der Waals surface area contributed by atoms with Gasteiger partial charge in [-0.3, -0.25) is 0 Å². The van der Waals surface area contributed by atoms with Crippen LogP contribution in [0.25, 0.3) is 0 Å². The summed E-state index contributed by atoms with van der Waals surface area (Å²) in [6.07, 6.45) is 3.85. The molecule has 1 fully saturated rings. The number of rotatable bonds is 7. The smallest absolute Gasteiger partial charge is 0.0658 e. The first kappa shape index (κ1) is 15.5. The van der Waals surface area contributed by atoms with E-state index in [1.54, 1.807) is 0 Å². The molecule has 3 atom stereocenters. The highest BCUT2D eigenvalue weighted by Crippen LogP contribution is 2.45. The lowest BCUT2D eigenvalue weighted by atomic mass is 9.61. The molecule has 3 unspecified atom stereocenters. The fraction of sp³-hybridized carbons (Fsp3) is 0.667. The van der Waals surface area contributed by atoms with Crippen molar-refractivity contribution in [3.63, 3.8) is 0 Å². The lowest BCUT2D eigenvalue weighted by Gasteiger charge is -2.54. The summed E-state index contributed by atoms with van der Waals surface area (Å²) < 4.78 is 5.87. The molecule has 1 saturated carbocycles. The zero-order valence-electron chi connectivity index (χ0n) is 13.4. The van der Waals surface area contributed by atoms with E-state index < -0.39 is 0 Å². The van der Waals surface area contributed by atoms with Crippen molar-refractivity contribution in [2.24, 2.45) is 5.41 Å². The maximum absolute atomic E-state index is 5.87. The van der Waals surface area contributed by atoms with Gasteiger partial charge in [-0.2, -0.15) is 0 Å². The normalized spacial score (nSPS) is 29.2. The van der Waals surface area contributed by atoms with E-state index in [4.69, 9.17) is 4.74 Å². The molecule has 2 heteroatoms. The van der Waals surface area contributed by atoms with Crippen molar-refractivity contribution in [3.05, 3.63) is 35.4 Å². The average molecular weight is 275 g/mol. The second-order valence-corrected chi connectivity index (χ2v) is 6.09. The molecule has 0 aliphatic heterocycles. The summed E-state index contributed by atoms with van der Waals surface area (Å²) >= 11 is 0. The lowest BCUT2D eigenvalue weighted by Crippen LogP contribution is -2.62. The third-order valence-corrected chi connectivity index (χ3v) is 5.15. The number of hydrogen-bond donors (Lipinski definition) is 1. The fourth-order valence-corrected chi connectivity index (χ4v) is 3.37. The van der Waals surface area contributed by atoms with E-state index in [2.05, 4.69) is 57.3 Å². The van der Waals surface area contributed by atoms with Crippen LogP contribution in [-0.4, -0.2) is 18.8 Å². The van der Waals surface area contributed by atoms with Crippen LogP contribution < -0.4 is 5.32 Å². The predicted molar refractivity (Wildman–Crippen MR) is 84.9 cm³/mol. The molecule has 1 aromatic rings. The highest BCUT2D eigenvalue weighted by atomic mass is 16.5. The maximum atomic E-state index is 5.87. The van der Waals surface area contributed by atoms with Gasteiger partial charge in [0.2, 0.25) is 0 Å². The first-order chi connectivity index (χ1) is 9.65. The number of aryl methyl sites for hydroxylation is 1. The van der Waals surface area contributed by atoms with E-state index in [1.807, 2.05) is 0 Å². The molecule has 0 bridgehead atoms. The first-order valence-corrected chi connectivity index (χ1v) is 8.07. The summed E-state index contributed by atoms with van der Waals surface area (Å²) in [5, 5.41) is 3.76. The van der Waals surface area contributed by atoms with E-state index in [-0.39, 0.29) is 5.41 Å². The summed E-state index contributed by atoms with van der Waals surface area (Å²) in [6, 6.07) is 9.33. The van der Waals surface area contributed by atoms with E-state index >= 15 is 0 Å². The van der Waals surface area contributed by atoms with Gasteiger partial charge in [0.25, 0.3) is 0 Å². The molecule has 0 saturated heterocycles. The molecule has 2 nitrogen and oxygen atoms in total. The Bertz CT molecular complexity index is 431. The highest BCUT2D eigenvalue weighted by Gasteiger charge is 2.50. The molecule has 1 aromatic carbocycles. The molecule has 1 aliphatic carbocycles. The minimum Gasteiger partial charge on any atom is -0.378 e. The van der Waals surface area contributed by atoms with Gasteiger partial charge < -0.3 is 10.1 Å². The Kier molecular flexibility index (Phi) is 5.22. The Labute approximate surface area is 123 Å². The molecule has 0 spiro atoms. The molecule has 0 heterocycles. The van der Waals surface area contributed by atoms with Gasteiger partial charge in [-0.1, -0.05) is 45.0 Å². The number of hydrogen-bond acceptors (Lipinski definition) is 2. The zero-order valence-corrected chi connectivity index (χ0v) is 13.4. The van der Waals surface area contributed by atoms with Crippen LogP contribution in [0, 0.1) is 5.41 Å². The minimum absolute atomic E-state index is 0.289. The monoisotopic (exact) mass is 275 g/mol. The molecule has 0 radical (unpaired) electrons. The van der Waals surface area contributed by atoms with Crippen LogP contribution in [0.15, 0.2) is 24.3 Å². The van der Waals surface area contributed by atoms with Crippen molar-refractivity contribution in [2.45, 2.75) is 65.6 Å². The van der Waals surface area contributed by atoms with Crippen LogP contribution in [0.2, 0.25) is 0 Å². The third-order valence-electron chi connectivity index (χ3n) is 5.15. The first-order valence-electron chi connectivity index (χ1n) is 8.07. The van der Waals surface area contributed by atoms with Crippen molar-refractivity contribution >= 4 is 0 Å². The second-order valence-electron chi connectivity index (χ2n) is 6.09. The Balaban J connectivity index is 1.95. The quantitative estimate of drug-likeness (QED) is 0.814. The van der Waals surface area contributed by atoms with Gasteiger partial charge in [0, 0.05) is 24.6 Å². The summed E-state index contributed by atoms with van der Waals surface area (Å²) in [5.41, 5.74) is 3.18. The number of benzene rings is 1. The molecule has 1 aliphatic rings. The Morgan fingerprint density at radius 2 is 1.90 bits per heavy atom. The van der Waals surface area contributed by atoms with Crippen molar-refractivity contribution in [2.75, 3.05) is 6.61 Å². The molecular formula is C18H29NO. The molecule has 2 rings (SSSR count). The fourth-order valence-electron chi connectivity index (χ4n) is 3.37. The average Bonchev–Trinajstić information content (AvgIpc) is 2.49. The minimum atomic E-state index is 0.289. The van der Waals surface area contributed by atoms with Gasteiger partial charge in [-0.15, -0.1) is 0 Å². The molecular weight excluding hydrogens is 246 g/mol. The predicted octanol–water partition coefficient (Wildman–Crippen LogP) is 3.93. The molecule has 0 aromatic heterocycles.